The van der Waals surface area contributed by atoms with Gasteiger partial charge in [-0.05, 0) is 19.4 Å². The van der Waals surface area contributed by atoms with Gasteiger partial charge >= 0.3 is 6.09 Å². The van der Waals surface area contributed by atoms with Crippen molar-refractivity contribution in [2.75, 3.05) is 39.3 Å². The summed E-state index contributed by atoms with van der Waals surface area (Å²) in [7, 11) is 0. The second-order valence-electron chi connectivity index (χ2n) is 4.71. The van der Waals surface area contributed by atoms with E-state index in [2.05, 4.69) is 5.32 Å². The molecule has 0 unspecified atom stereocenters. The molecule has 150 valence electrons. The number of nitrogens with zero attached hydrogens (tertiary/aromatic N) is 1. The van der Waals surface area contributed by atoms with E-state index in [1.165, 1.54) is 0 Å². The molecule has 0 saturated heterocycles. The topological polar surface area (TPSA) is 105 Å². The molecule has 1 amide bonds. The number of unbranched alkanes of at least 4 members (excludes halogenated alkanes) is 1. The van der Waals surface area contributed by atoms with E-state index in [4.69, 9.17) is 16.6 Å². The average molecular weight is 428 g/mol. The van der Waals surface area contributed by atoms with Crippen LogP contribution in [0.4, 0.5) is 22.4 Å². The number of hydrogen-bond acceptors (Lipinski definition) is 4. The van der Waals surface area contributed by atoms with E-state index >= 15 is 0 Å². The van der Waals surface area contributed by atoms with E-state index in [0.29, 0.717) is 11.3 Å². The van der Waals surface area contributed by atoms with E-state index in [1.807, 2.05) is 0 Å². The summed E-state index contributed by atoms with van der Waals surface area (Å²) in [4.78, 5) is 11.4. The van der Waals surface area contributed by atoms with E-state index in [1.54, 1.807) is 0 Å². The molecule has 24 heavy (non-hydrogen) atoms. The van der Waals surface area contributed by atoms with Gasteiger partial charge in [-0.15, -0.1) is 37.2 Å². The Bertz CT molecular complexity index is 332. The lowest BCUT2D eigenvalue weighted by Gasteiger charge is -2.24. The Morgan fingerprint density at radius 3 is 1.92 bits per heavy atom. The standard InChI is InChI=1S/C11H22F4N4O2.3ClH/c12-10(13,5-16)7-18-3-1-2-4-19(9(20)21)8-11(14,15)6-17;;;/h18H,1-8,16-17H2,(H,20,21);3*1H. The molecule has 0 aromatic heterocycles. The number of alkyl halides is 4. The molecule has 0 aliphatic rings. The van der Waals surface area contributed by atoms with Crippen LogP contribution in [0.1, 0.15) is 12.8 Å². The van der Waals surface area contributed by atoms with Gasteiger partial charge in [0.2, 0.25) is 0 Å². The molecule has 0 atom stereocenters. The third-order valence-electron chi connectivity index (χ3n) is 2.71. The van der Waals surface area contributed by atoms with Crippen molar-refractivity contribution >= 4 is 43.3 Å². The fourth-order valence-corrected chi connectivity index (χ4v) is 1.48. The molecule has 6 N–H and O–H groups in total. The monoisotopic (exact) mass is 426 g/mol. The molecule has 0 radical (unpaired) electrons. The van der Waals surface area contributed by atoms with Crippen molar-refractivity contribution in [3.8, 4) is 0 Å². The summed E-state index contributed by atoms with van der Waals surface area (Å²) in [6.07, 6.45) is -0.821. The predicted octanol–water partition coefficient (Wildman–Crippen LogP) is 1.79. The first kappa shape index (κ1) is 31.5. The smallest absolute Gasteiger partial charge is 0.407 e. The Hall–Kier alpha value is -0.260. The van der Waals surface area contributed by atoms with Gasteiger partial charge in [0.25, 0.3) is 11.8 Å². The second kappa shape index (κ2) is 15.0. The zero-order valence-electron chi connectivity index (χ0n) is 12.9. The maximum Gasteiger partial charge on any atom is 0.407 e. The molecular weight excluding hydrogens is 402 g/mol. The van der Waals surface area contributed by atoms with Crippen LogP contribution in [0.5, 0.6) is 0 Å². The van der Waals surface area contributed by atoms with Crippen LogP contribution in [0.15, 0.2) is 0 Å². The molecule has 0 rings (SSSR count). The summed E-state index contributed by atoms with van der Waals surface area (Å²) in [6.45, 7) is -3.14. The first-order valence-corrected chi connectivity index (χ1v) is 6.48. The van der Waals surface area contributed by atoms with E-state index in [-0.39, 0.29) is 56.7 Å². The lowest BCUT2D eigenvalue weighted by molar-refractivity contribution is -0.0197. The van der Waals surface area contributed by atoms with Gasteiger partial charge in [0.15, 0.2) is 0 Å². The Morgan fingerprint density at radius 1 is 1.00 bits per heavy atom. The van der Waals surface area contributed by atoms with Gasteiger partial charge in [-0.2, -0.15) is 0 Å². The molecule has 6 nitrogen and oxygen atoms in total. The van der Waals surface area contributed by atoms with Crippen LogP contribution < -0.4 is 16.8 Å². The number of hydrogen-bond donors (Lipinski definition) is 4. The highest BCUT2D eigenvalue weighted by Crippen LogP contribution is 2.14. The molecule has 0 aliphatic heterocycles. The first-order valence-electron chi connectivity index (χ1n) is 6.48. The third kappa shape index (κ3) is 15.3. The van der Waals surface area contributed by atoms with Crippen LogP contribution in [0, 0.1) is 0 Å². The van der Waals surface area contributed by atoms with Crippen LogP contribution >= 0.6 is 37.2 Å². The molecule has 0 heterocycles. The molecule has 0 aliphatic carbocycles. The highest BCUT2D eigenvalue weighted by molar-refractivity contribution is 5.86. The van der Waals surface area contributed by atoms with Crippen molar-refractivity contribution in [1.82, 2.24) is 10.2 Å². The van der Waals surface area contributed by atoms with Crippen molar-refractivity contribution in [3.63, 3.8) is 0 Å². The summed E-state index contributed by atoms with van der Waals surface area (Å²) in [5.41, 5.74) is 9.69. The van der Waals surface area contributed by atoms with Crippen molar-refractivity contribution in [2.45, 2.75) is 24.7 Å². The molecular formula is C11H25Cl3F4N4O2. The largest absolute Gasteiger partial charge is 0.465 e. The van der Waals surface area contributed by atoms with Gasteiger partial charge in [-0.25, -0.2) is 22.4 Å². The Labute approximate surface area is 156 Å². The Morgan fingerprint density at radius 2 is 1.50 bits per heavy atom. The molecule has 13 heteroatoms. The van der Waals surface area contributed by atoms with Gasteiger partial charge in [0.05, 0.1) is 26.2 Å². The third-order valence-corrected chi connectivity index (χ3v) is 2.71. The highest BCUT2D eigenvalue weighted by Gasteiger charge is 2.31. The van der Waals surface area contributed by atoms with Gasteiger partial charge in [-0.3, -0.25) is 0 Å². The van der Waals surface area contributed by atoms with Crippen LogP contribution in [-0.4, -0.2) is 67.2 Å². The molecule has 0 spiro atoms. The van der Waals surface area contributed by atoms with Crippen molar-refractivity contribution in [1.29, 1.82) is 0 Å². The number of carbonyl (C=O) groups is 1. The minimum atomic E-state index is -3.28. The maximum absolute atomic E-state index is 13.0. The number of rotatable bonds is 11. The van der Waals surface area contributed by atoms with Crippen LogP contribution in [0.25, 0.3) is 0 Å². The van der Waals surface area contributed by atoms with Gasteiger partial charge in [0.1, 0.15) is 0 Å². The van der Waals surface area contributed by atoms with E-state index < -0.39 is 44.1 Å². The number of amides is 1. The van der Waals surface area contributed by atoms with E-state index in [9.17, 15) is 22.4 Å². The molecule has 0 fully saturated rings. The summed E-state index contributed by atoms with van der Waals surface area (Å²) in [5, 5.41) is 11.3. The summed E-state index contributed by atoms with van der Waals surface area (Å²) < 4.78 is 51.6. The van der Waals surface area contributed by atoms with Gasteiger partial charge in [0, 0.05) is 6.54 Å². The number of nitrogens with one attached hydrogen (secondary N) is 1. The predicted molar refractivity (Wildman–Crippen MR) is 91.4 cm³/mol. The normalized spacial score (nSPS) is 10.9. The van der Waals surface area contributed by atoms with Crippen molar-refractivity contribution in [2.24, 2.45) is 11.5 Å². The fraction of sp³-hybridized carbons (Fsp3) is 0.909. The number of nitrogens with two attached hydrogens (primary N) is 2. The fourth-order valence-electron chi connectivity index (χ4n) is 1.48. The van der Waals surface area contributed by atoms with Crippen LogP contribution in [0.3, 0.4) is 0 Å². The molecule has 0 aromatic carbocycles. The second-order valence-corrected chi connectivity index (χ2v) is 4.71. The Balaban J connectivity index is -0.000000667. The Kier molecular flexibility index (Phi) is 19.7. The van der Waals surface area contributed by atoms with Crippen LogP contribution in [-0.2, 0) is 0 Å². The highest BCUT2D eigenvalue weighted by atomic mass is 35.5. The van der Waals surface area contributed by atoms with Crippen molar-refractivity contribution < 1.29 is 27.5 Å². The zero-order valence-corrected chi connectivity index (χ0v) is 15.3. The quantitative estimate of drug-likeness (QED) is 0.297. The number of carboxylic acid groups (broad SMARTS) is 1. The lowest BCUT2D eigenvalue weighted by atomic mass is 10.2. The minimum Gasteiger partial charge on any atom is -0.465 e. The van der Waals surface area contributed by atoms with Gasteiger partial charge < -0.3 is 26.8 Å². The maximum atomic E-state index is 13.0. The number of halogens is 7. The minimum absolute atomic E-state index is 0. The first-order chi connectivity index (χ1) is 9.63. The summed E-state index contributed by atoms with van der Waals surface area (Å²) in [6, 6.07) is 0. The van der Waals surface area contributed by atoms with Crippen molar-refractivity contribution in [3.05, 3.63) is 0 Å². The summed E-state index contributed by atoms with van der Waals surface area (Å²) in [5.74, 6) is -6.27. The van der Waals surface area contributed by atoms with Gasteiger partial charge in [-0.1, -0.05) is 0 Å². The SMILES string of the molecule is Cl.Cl.Cl.NCC(F)(F)CNCCCCN(CC(F)(F)CN)C(=O)O. The summed E-state index contributed by atoms with van der Waals surface area (Å²) >= 11 is 0. The van der Waals surface area contributed by atoms with Crippen LogP contribution in [0.2, 0.25) is 0 Å². The van der Waals surface area contributed by atoms with E-state index in [0.717, 1.165) is 0 Å². The molecule has 0 aromatic rings. The molecule has 0 bridgehead atoms. The zero-order chi connectivity index (χ0) is 16.5. The average Bonchev–Trinajstić information content (AvgIpc) is 2.41. The lowest BCUT2D eigenvalue weighted by Crippen LogP contribution is -2.44. The molecule has 0 saturated carbocycles.